The predicted molar refractivity (Wildman–Crippen MR) is 114 cm³/mol. The van der Waals surface area contributed by atoms with Gasteiger partial charge in [0.05, 0.1) is 7.11 Å². The number of nitrogens with one attached hydrogen (secondary N) is 2. The molecular weight excluding hydrogens is 382 g/mol. The number of halogens is 1. The van der Waals surface area contributed by atoms with Gasteiger partial charge in [0.25, 0.3) is 0 Å². The van der Waals surface area contributed by atoms with Crippen LogP contribution in [0.25, 0.3) is 0 Å². The molecule has 1 aromatic heterocycles. The Kier molecular flexibility index (Phi) is 6.68. The van der Waals surface area contributed by atoms with Crippen molar-refractivity contribution in [3.8, 4) is 5.75 Å². The lowest BCUT2D eigenvalue weighted by Crippen LogP contribution is -2.38. The van der Waals surface area contributed by atoms with Crippen LogP contribution in [0.2, 0.25) is 5.15 Å². The van der Waals surface area contributed by atoms with E-state index in [1.165, 1.54) is 6.42 Å². The Labute approximate surface area is 170 Å². The maximum Gasteiger partial charge on any atom is 0.232 e. The fraction of sp³-hybridized carbons (Fsp3) is 0.421. The van der Waals surface area contributed by atoms with Crippen molar-refractivity contribution in [1.29, 1.82) is 0 Å². The molecule has 0 radical (unpaired) electrons. The van der Waals surface area contributed by atoms with Crippen LogP contribution in [0, 0.1) is 0 Å². The molecule has 1 aliphatic rings. The summed E-state index contributed by atoms with van der Waals surface area (Å²) < 4.78 is 5.16. The second kappa shape index (κ2) is 9.19. The van der Waals surface area contributed by atoms with Crippen LogP contribution in [0.4, 0.5) is 11.8 Å². The topological polar surface area (TPSA) is 62.3 Å². The lowest BCUT2D eigenvalue weighted by molar-refractivity contribution is 0.414. The van der Waals surface area contributed by atoms with Gasteiger partial charge in [-0.1, -0.05) is 23.7 Å². The first-order valence-corrected chi connectivity index (χ1v) is 9.83. The van der Waals surface area contributed by atoms with Crippen LogP contribution in [0.1, 0.15) is 31.7 Å². The van der Waals surface area contributed by atoms with Crippen LogP contribution < -0.4 is 20.3 Å². The molecule has 0 bridgehead atoms. The zero-order valence-corrected chi connectivity index (χ0v) is 17.1. The Balaban J connectivity index is 1.61. The van der Waals surface area contributed by atoms with Gasteiger partial charge in [-0.3, -0.25) is 0 Å². The van der Waals surface area contributed by atoms with Gasteiger partial charge < -0.3 is 20.3 Å². The van der Waals surface area contributed by atoms with Crippen LogP contribution in [-0.2, 0) is 6.54 Å². The first kappa shape index (κ1) is 19.6. The first-order valence-electron chi connectivity index (χ1n) is 9.04. The number of hydrogen-bond donors (Lipinski definition) is 2. The molecular formula is C19H24ClN5OS. The number of piperidine rings is 1. The van der Waals surface area contributed by atoms with Crippen LogP contribution >= 0.6 is 23.8 Å². The van der Waals surface area contributed by atoms with Crippen molar-refractivity contribution >= 4 is 40.7 Å². The summed E-state index contributed by atoms with van der Waals surface area (Å²) >= 11 is 11.6. The summed E-state index contributed by atoms with van der Waals surface area (Å²) in [7, 11) is 1.65. The van der Waals surface area contributed by atoms with Crippen LogP contribution in [0.5, 0.6) is 5.75 Å². The molecule has 1 atom stereocenters. The van der Waals surface area contributed by atoms with E-state index < -0.39 is 0 Å². The lowest BCUT2D eigenvalue weighted by Gasteiger charge is -2.34. The molecule has 2 N–H and O–H groups in total. The molecule has 0 spiro atoms. The molecule has 1 aromatic carbocycles. The quantitative estimate of drug-likeness (QED) is 0.575. The normalized spacial score (nSPS) is 16.7. The molecule has 6 nitrogen and oxygen atoms in total. The molecule has 1 fully saturated rings. The summed E-state index contributed by atoms with van der Waals surface area (Å²) in [6.45, 7) is 3.78. The number of rotatable bonds is 5. The smallest absolute Gasteiger partial charge is 0.232 e. The van der Waals surface area contributed by atoms with Crippen molar-refractivity contribution in [2.75, 3.05) is 23.9 Å². The largest absolute Gasteiger partial charge is 0.497 e. The summed E-state index contributed by atoms with van der Waals surface area (Å²) in [4.78, 5) is 11.1. The van der Waals surface area contributed by atoms with Crippen molar-refractivity contribution in [2.24, 2.45) is 0 Å². The van der Waals surface area contributed by atoms with Gasteiger partial charge in [-0.15, -0.1) is 0 Å². The van der Waals surface area contributed by atoms with E-state index in [-0.39, 0.29) is 0 Å². The number of nitrogens with zero attached hydrogens (tertiary/aromatic N) is 3. The number of anilines is 2. The molecule has 1 saturated heterocycles. The van der Waals surface area contributed by atoms with E-state index in [1.54, 1.807) is 7.11 Å². The molecule has 27 heavy (non-hydrogen) atoms. The summed E-state index contributed by atoms with van der Waals surface area (Å²) in [5, 5.41) is 7.04. The maximum absolute atomic E-state index is 6.21. The number of methoxy groups -OCH3 is 1. The first-order chi connectivity index (χ1) is 13.0. The van der Waals surface area contributed by atoms with Crippen molar-refractivity contribution in [3.63, 3.8) is 0 Å². The minimum absolute atomic E-state index is 0.401. The van der Waals surface area contributed by atoms with E-state index in [2.05, 4.69) is 32.4 Å². The SMILES string of the molecule is COc1ccc(CNC(=S)Nc2nc(Cl)cc(N3CCCCC3C)n2)cc1. The standard InChI is InChI=1S/C19H24ClN5OS/c1-13-5-3-4-10-25(13)17-11-16(20)22-18(23-17)24-19(27)21-12-14-6-8-15(26-2)9-7-14/h6-9,11,13H,3-5,10,12H2,1-2H3,(H2,21,22,23,24,27). The molecule has 144 valence electrons. The van der Waals surface area contributed by atoms with Gasteiger partial charge in [-0.05, 0) is 56.1 Å². The highest BCUT2D eigenvalue weighted by atomic mass is 35.5. The highest BCUT2D eigenvalue weighted by Crippen LogP contribution is 2.25. The fourth-order valence-electron chi connectivity index (χ4n) is 3.12. The van der Waals surface area contributed by atoms with E-state index in [0.29, 0.717) is 28.8 Å². The summed E-state index contributed by atoms with van der Waals surface area (Å²) in [5.41, 5.74) is 1.09. The highest BCUT2D eigenvalue weighted by Gasteiger charge is 2.21. The van der Waals surface area contributed by atoms with Gasteiger partial charge >= 0.3 is 0 Å². The van der Waals surface area contributed by atoms with E-state index in [0.717, 1.165) is 36.5 Å². The molecule has 3 rings (SSSR count). The number of hydrogen-bond acceptors (Lipinski definition) is 5. The third kappa shape index (κ3) is 5.43. The molecule has 1 aliphatic heterocycles. The van der Waals surface area contributed by atoms with Gasteiger partial charge in [0.1, 0.15) is 16.7 Å². The summed E-state index contributed by atoms with van der Waals surface area (Å²) in [6.07, 6.45) is 3.57. The minimum atomic E-state index is 0.401. The second-order valence-corrected chi connectivity index (χ2v) is 7.36. The molecule has 8 heteroatoms. The molecule has 2 heterocycles. The number of ether oxygens (including phenoxy) is 1. The minimum Gasteiger partial charge on any atom is -0.497 e. The third-order valence-electron chi connectivity index (χ3n) is 4.62. The van der Waals surface area contributed by atoms with Crippen molar-refractivity contribution in [3.05, 3.63) is 41.0 Å². The van der Waals surface area contributed by atoms with Gasteiger partial charge in [0.2, 0.25) is 5.95 Å². The monoisotopic (exact) mass is 405 g/mol. The van der Waals surface area contributed by atoms with Crippen LogP contribution in [0.15, 0.2) is 30.3 Å². The highest BCUT2D eigenvalue weighted by molar-refractivity contribution is 7.80. The Morgan fingerprint density at radius 3 is 2.78 bits per heavy atom. The molecule has 1 unspecified atom stereocenters. The average molecular weight is 406 g/mol. The van der Waals surface area contributed by atoms with Crippen LogP contribution in [-0.4, -0.2) is 34.8 Å². The molecule has 0 saturated carbocycles. The summed E-state index contributed by atoms with van der Waals surface area (Å²) in [5.74, 6) is 2.07. The zero-order chi connectivity index (χ0) is 19.2. The molecule has 2 aromatic rings. The lowest BCUT2D eigenvalue weighted by atomic mass is 10.0. The zero-order valence-electron chi connectivity index (χ0n) is 15.5. The van der Waals surface area contributed by atoms with Gasteiger partial charge in [0, 0.05) is 25.2 Å². The second-order valence-electron chi connectivity index (χ2n) is 6.57. The van der Waals surface area contributed by atoms with E-state index >= 15 is 0 Å². The fourth-order valence-corrected chi connectivity index (χ4v) is 3.46. The van der Waals surface area contributed by atoms with Crippen molar-refractivity contribution in [2.45, 2.75) is 38.8 Å². The van der Waals surface area contributed by atoms with Crippen molar-refractivity contribution < 1.29 is 4.74 Å². The van der Waals surface area contributed by atoms with E-state index in [1.807, 2.05) is 30.3 Å². The molecule has 0 aliphatic carbocycles. The number of benzene rings is 1. The Morgan fingerprint density at radius 1 is 1.30 bits per heavy atom. The predicted octanol–water partition coefficient (Wildman–Crippen LogP) is 4.00. The van der Waals surface area contributed by atoms with E-state index in [9.17, 15) is 0 Å². The third-order valence-corrected chi connectivity index (χ3v) is 5.06. The van der Waals surface area contributed by atoms with Gasteiger partial charge in [-0.25, -0.2) is 4.98 Å². The average Bonchev–Trinajstić information content (AvgIpc) is 2.66. The Hall–Kier alpha value is -2.12. The Morgan fingerprint density at radius 2 is 2.07 bits per heavy atom. The van der Waals surface area contributed by atoms with Gasteiger partial charge in [0.15, 0.2) is 5.11 Å². The maximum atomic E-state index is 6.21. The number of aromatic nitrogens is 2. The molecule has 0 amide bonds. The van der Waals surface area contributed by atoms with Crippen LogP contribution in [0.3, 0.4) is 0 Å². The number of thiocarbonyl (C=S) groups is 1. The Bertz CT molecular complexity index is 786. The van der Waals surface area contributed by atoms with Crippen molar-refractivity contribution in [1.82, 2.24) is 15.3 Å². The summed E-state index contributed by atoms with van der Waals surface area (Å²) in [6, 6.07) is 10.1. The van der Waals surface area contributed by atoms with Gasteiger partial charge in [-0.2, -0.15) is 4.98 Å². The van der Waals surface area contributed by atoms with E-state index in [4.69, 9.17) is 28.6 Å².